The van der Waals surface area contributed by atoms with Gasteiger partial charge in [-0.05, 0) is 54.3 Å². The van der Waals surface area contributed by atoms with Gasteiger partial charge in [0.25, 0.3) is 0 Å². The molecule has 0 radical (unpaired) electrons. The van der Waals surface area contributed by atoms with Gasteiger partial charge in [0.05, 0.1) is 16.7 Å². The Hall–Kier alpha value is -1.41. The van der Waals surface area contributed by atoms with Gasteiger partial charge >= 0.3 is 0 Å². The summed E-state index contributed by atoms with van der Waals surface area (Å²) in [5.41, 5.74) is 1.75. The number of thioether (sulfide) groups is 1. The summed E-state index contributed by atoms with van der Waals surface area (Å²) in [7, 11) is -3.30. The zero-order valence-corrected chi connectivity index (χ0v) is 15.6. The van der Waals surface area contributed by atoms with Gasteiger partial charge in [0.15, 0.2) is 9.84 Å². The smallest absolute Gasteiger partial charge is 0.209 e. The average Bonchev–Trinajstić information content (AvgIpc) is 3.20. The van der Waals surface area contributed by atoms with E-state index in [-0.39, 0.29) is 5.75 Å². The van der Waals surface area contributed by atoms with Crippen molar-refractivity contribution in [2.24, 2.45) is 0 Å². The number of aryl methyl sites for hydroxylation is 2. The molecule has 130 valence electrons. The number of sulfone groups is 1. The zero-order valence-electron chi connectivity index (χ0n) is 14.0. The highest BCUT2D eigenvalue weighted by atomic mass is 32.2. The van der Waals surface area contributed by atoms with E-state index < -0.39 is 9.84 Å². The monoisotopic (exact) mass is 366 g/mol. The summed E-state index contributed by atoms with van der Waals surface area (Å²) >= 11 is 1.42. The van der Waals surface area contributed by atoms with Gasteiger partial charge in [0.1, 0.15) is 0 Å². The topological polar surface area (TPSA) is 77.7 Å². The van der Waals surface area contributed by atoms with E-state index >= 15 is 0 Å². The van der Waals surface area contributed by atoms with Gasteiger partial charge in [0, 0.05) is 5.75 Å². The number of tetrazole rings is 1. The largest absolute Gasteiger partial charge is 0.224 e. The fraction of sp³-hybridized carbons (Fsp3) is 0.562. The average molecular weight is 367 g/mol. The molecule has 0 amide bonds. The first kappa shape index (κ1) is 17.4. The minimum absolute atomic E-state index is 0.0828. The molecule has 0 bridgehead atoms. The summed E-state index contributed by atoms with van der Waals surface area (Å²) in [4.78, 5) is 0.429. The van der Waals surface area contributed by atoms with E-state index in [2.05, 4.69) is 15.5 Å². The predicted octanol–water partition coefficient (Wildman–Crippen LogP) is 2.97. The van der Waals surface area contributed by atoms with E-state index in [4.69, 9.17) is 0 Å². The quantitative estimate of drug-likeness (QED) is 0.732. The summed E-state index contributed by atoms with van der Waals surface area (Å²) in [6, 6.07) is 5.89. The number of benzene rings is 1. The van der Waals surface area contributed by atoms with E-state index in [9.17, 15) is 8.42 Å². The Labute approximate surface area is 146 Å². The van der Waals surface area contributed by atoms with Crippen molar-refractivity contribution < 1.29 is 8.42 Å². The molecule has 0 aliphatic heterocycles. The van der Waals surface area contributed by atoms with Crippen molar-refractivity contribution in [3.8, 4) is 0 Å². The molecule has 0 N–H and O–H groups in total. The number of hydrogen-bond donors (Lipinski definition) is 0. The SMILES string of the molecule is Cc1ccc(C)c(S(=O)(=O)CCSc2nnnn2C2CCCC2)c1. The Balaban J connectivity index is 1.66. The maximum absolute atomic E-state index is 12.6. The molecular weight excluding hydrogens is 344 g/mol. The Morgan fingerprint density at radius 3 is 2.75 bits per heavy atom. The van der Waals surface area contributed by atoms with Crippen LogP contribution in [0.15, 0.2) is 28.3 Å². The predicted molar refractivity (Wildman–Crippen MR) is 94.0 cm³/mol. The lowest BCUT2D eigenvalue weighted by Crippen LogP contribution is -2.12. The maximum Gasteiger partial charge on any atom is 0.209 e. The lowest BCUT2D eigenvalue weighted by atomic mass is 10.2. The standard InChI is InChI=1S/C16H22N4O2S2/c1-12-7-8-13(2)15(11-12)24(21,22)10-9-23-16-17-18-19-20(16)14-5-3-4-6-14/h7-8,11,14H,3-6,9-10H2,1-2H3. The zero-order chi connectivity index (χ0) is 17.2. The van der Waals surface area contributed by atoms with Crippen LogP contribution in [0.1, 0.15) is 42.9 Å². The van der Waals surface area contributed by atoms with Crippen molar-refractivity contribution in [3.63, 3.8) is 0 Å². The van der Waals surface area contributed by atoms with Gasteiger partial charge in [-0.15, -0.1) is 5.10 Å². The second-order valence-electron chi connectivity index (χ2n) is 6.28. The number of nitrogens with zero attached hydrogens (tertiary/aromatic N) is 4. The van der Waals surface area contributed by atoms with E-state index in [1.165, 1.54) is 24.6 Å². The normalized spacial score (nSPS) is 15.9. The van der Waals surface area contributed by atoms with E-state index in [0.717, 1.165) is 29.1 Å². The van der Waals surface area contributed by atoms with Crippen LogP contribution in [-0.4, -0.2) is 40.1 Å². The highest BCUT2D eigenvalue weighted by Crippen LogP contribution is 2.31. The molecule has 1 aromatic carbocycles. The second kappa shape index (κ2) is 7.23. The van der Waals surface area contributed by atoms with E-state index in [1.54, 1.807) is 6.07 Å². The van der Waals surface area contributed by atoms with Gasteiger partial charge < -0.3 is 0 Å². The minimum Gasteiger partial charge on any atom is -0.224 e. The van der Waals surface area contributed by atoms with Crippen molar-refractivity contribution in [1.82, 2.24) is 20.2 Å². The molecule has 1 fully saturated rings. The van der Waals surface area contributed by atoms with Crippen LogP contribution in [0.5, 0.6) is 0 Å². The molecule has 6 nitrogen and oxygen atoms in total. The minimum atomic E-state index is -3.30. The molecule has 0 spiro atoms. The van der Waals surface area contributed by atoms with Gasteiger partial charge in [-0.25, -0.2) is 13.1 Å². The third-order valence-electron chi connectivity index (χ3n) is 4.40. The Bertz CT molecular complexity index is 811. The lowest BCUT2D eigenvalue weighted by molar-refractivity contribution is 0.423. The van der Waals surface area contributed by atoms with Crippen molar-refractivity contribution in [2.45, 2.75) is 55.6 Å². The summed E-state index contributed by atoms with van der Waals surface area (Å²) in [6.45, 7) is 3.74. The van der Waals surface area contributed by atoms with Crippen molar-refractivity contribution in [1.29, 1.82) is 0 Å². The van der Waals surface area contributed by atoms with Crippen LogP contribution in [0.25, 0.3) is 0 Å². The molecule has 0 unspecified atom stereocenters. The summed E-state index contributed by atoms with van der Waals surface area (Å²) in [5, 5.41) is 12.6. The molecule has 1 heterocycles. The van der Waals surface area contributed by atoms with Crippen LogP contribution in [0.4, 0.5) is 0 Å². The summed E-state index contributed by atoms with van der Waals surface area (Å²) < 4.78 is 27.1. The molecule has 0 saturated heterocycles. The van der Waals surface area contributed by atoms with Crippen LogP contribution in [0.2, 0.25) is 0 Å². The highest BCUT2D eigenvalue weighted by Gasteiger charge is 2.23. The summed E-state index contributed by atoms with van der Waals surface area (Å²) in [6.07, 6.45) is 4.60. The molecule has 1 aliphatic rings. The first-order chi connectivity index (χ1) is 11.5. The lowest BCUT2D eigenvalue weighted by Gasteiger charge is -2.11. The number of aromatic nitrogens is 4. The van der Waals surface area contributed by atoms with Gasteiger partial charge in [-0.2, -0.15) is 0 Å². The third-order valence-corrected chi connectivity index (χ3v) is 7.44. The van der Waals surface area contributed by atoms with Crippen LogP contribution >= 0.6 is 11.8 Å². The molecule has 1 aromatic heterocycles. The van der Waals surface area contributed by atoms with E-state index in [1.807, 2.05) is 30.7 Å². The second-order valence-corrected chi connectivity index (χ2v) is 9.42. The molecule has 8 heteroatoms. The van der Waals surface area contributed by atoms with Crippen LogP contribution < -0.4 is 0 Å². The first-order valence-electron chi connectivity index (χ1n) is 8.18. The van der Waals surface area contributed by atoms with Crippen molar-refractivity contribution in [2.75, 3.05) is 11.5 Å². The molecular formula is C16H22N4O2S2. The van der Waals surface area contributed by atoms with Crippen LogP contribution in [-0.2, 0) is 9.84 Å². The molecule has 1 aliphatic carbocycles. The van der Waals surface area contributed by atoms with Gasteiger partial charge in [-0.3, -0.25) is 0 Å². The van der Waals surface area contributed by atoms with Crippen LogP contribution in [0.3, 0.4) is 0 Å². The molecule has 24 heavy (non-hydrogen) atoms. The molecule has 1 saturated carbocycles. The fourth-order valence-corrected chi connectivity index (χ4v) is 6.00. The molecule has 0 atom stereocenters. The highest BCUT2D eigenvalue weighted by molar-refractivity contribution is 8.00. The number of hydrogen-bond acceptors (Lipinski definition) is 6. The Morgan fingerprint density at radius 2 is 2.00 bits per heavy atom. The van der Waals surface area contributed by atoms with Gasteiger partial charge in [0.2, 0.25) is 5.16 Å². The van der Waals surface area contributed by atoms with Gasteiger partial charge in [-0.1, -0.05) is 36.7 Å². The van der Waals surface area contributed by atoms with Crippen LogP contribution in [0, 0.1) is 13.8 Å². The maximum atomic E-state index is 12.6. The van der Waals surface area contributed by atoms with Crippen molar-refractivity contribution in [3.05, 3.63) is 29.3 Å². The van der Waals surface area contributed by atoms with Crippen molar-refractivity contribution >= 4 is 21.6 Å². The molecule has 2 aromatic rings. The third kappa shape index (κ3) is 3.80. The summed E-state index contributed by atoms with van der Waals surface area (Å²) in [5.74, 6) is 0.530. The first-order valence-corrected chi connectivity index (χ1v) is 10.8. The Kier molecular flexibility index (Phi) is 5.24. The Morgan fingerprint density at radius 1 is 1.25 bits per heavy atom. The molecule has 3 rings (SSSR count). The fourth-order valence-electron chi connectivity index (χ4n) is 3.05. The van der Waals surface area contributed by atoms with E-state index in [0.29, 0.717) is 16.7 Å². The number of rotatable bonds is 6.